The number of aromatic nitrogens is 2. The highest BCUT2D eigenvalue weighted by molar-refractivity contribution is 5.72. The van der Waals surface area contributed by atoms with E-state index in [1.165, 1.54) is 33.4 Å². The summed E-state index contributed by atoms with van der Waals surface area (Å²) in [5.74, 6) is 2.22. The van der Waals surface area contributed by atoms with Crippen LogP contribution in [-0.2, 0) is 39.0 Å². The molecule has 1 unspecified atom stereocenters. The number of fused-ring (bicyclic) bond motifs is 2. The molecule has 6 heteroatoms. The summed E-state index contributed by atoms with van der Waals surface area (Å²) in [5.41, 5.74) is 10.7. The van der Waals surface area contributed by atoms with E-state index in [1.54, 1.807) is 6.08 Å². The minimum Gasteiger partial charge on any atom is -0.348 e. The average molecular weight is 705 g/mol. The van der Waals surface area contributed by atoms with Crippen LogP contribution in [0.2, 0.25) is 0 Å². The highest BCUT2D eigenvalue weighted by Gasteiger charge is 2.25. The molecule has 8 rings (SSSR count). The first-order valence-electron chi connectivity index (χ1n) is 18.8. The van der Waals surface area contributed by atoms with Crippen molar-refractivity contribution in [2.75, 3.05) is 9.80 Å². The van der Waals surface area contributed by atoms with Crippen molar-refractivity contribution in [2.45, 2.75) is 64.2 Å². The van der Waals surface area contributed by atoms with Crippen molar-refractivity contribution in [3.8, 4) is 12.1 Å². The first-order chi connectivity index (χ1) is 26.7. The van der Waals surface area contributed by atoms with Crippen molar-refractivity contribution < 1.29 is 0 Å². The minimum absolute atomic E-state index is 0.278. The predicted molar refractivity (Wildman–Crippen MR) is 217 cm³/mol. The number of nitrogens with zero attached hydrogens (tertiary/aromatic N) is 6. The number of hydrogen-bond acceptors (Lipinski definition) is 6. The van der Waals surface area contributed by atoms with E-state index in [4.69, 9.17) is 20.5 Å². The molecule has 2 heterocycles. The molecular formula is C48H44N6. The Morgan fingerprint density at radius 2 is 1.00 bits per heavy atom. The molecule has 0 saturated carbocycles. The fraction of sp³-hybridized carbons (Fsp3) is 0.208. The first-order valence-corrected chi connectivity index (χ1v) is 18.8. The monoisotopic (exact) mass is 704 g/mol. The van der Waals surface area contributed by atoms with Gasteiger partial charge >= 0.3 is 0 Å². The van der Waals surface area contributed by atoms with Crippen molar-refractivity contribution >= 4 is 17.2 Å². The van der Waals surface area contributed by atoms with Crippen molar-refractivity contribution in [1.82, 2.24) is 9.97 Å². The molecule has 266 valence electrons. The van der Waals surface area contributed by atoms with Crippen LogP contribution in [0.5, 0.6) is 0 Å². The Bertz CT molecular complexity index is 2160. The Labute approximate surface area is 319 Å². The molecule has 6 nitrogen and oxygen atoms in total. The molecule has 2 aliphatic rings. The number of nitriles is 2. The number of hydrogen-bond donors (Lipinski definition) is 0. The number of anilines is 2. The second kappa shape index (κ2) is 17.8. The molecule has 6 aromatic rings. The maximum Gasteiger partial charge on any atom is 0.129 e. The molecule has 54 heavy (non-hydrogen) atoms. The van der Waals surface area contributed by atoms with Crippen LogP contribution >= 0.6 is 0 Å². The summed E-state index contributed by atoms with van der Waals surface area (Å²) in [7, 11) is 0. The van der Waals surface area contributed by atoms with Gasteiger partial charge in [-0.1, -0.05) is 133 Å². The lowest BCUT2D eigenvalue weighted by atomic mass is 10.0. The summed E-state index contributed by atoms with van der Waals surface area (Å²) in [6.45, 7) is 3.20. The molecule has 0 bridgehead atoms. The van der Waals surface area contributed by atoms with E-state index in [0.29, 0.717) is 6.42 Å². The van der Waals surface area contributed by atoms with Gasteiger partial charge in [-0.15, -0.1) is 0 Å². The zero-order valence-corrected chi connectivity index (χ0v) is 30.6. The molecule has 0 spiro atoms. The number of aryl methyl sites for hydroxylation is 2. The molecule has 0 fully saturated rings. The van der Waals surface area contributed by atoms with E-state index in [9.17, 15) is 0 Å². The molecule has 4 aromatic carbocycles. The molecular weight excluding hydrogens is 661 g/mol. The molecule has 1 atom stereocenters. The fourth-order valence-corrected chi connectivity index (χ4v) is 7.40. The fourth-order valence-electron chi connectivity index (χ4n) is 7.40. The van der Waals surface area contributed by atoms with Crippen LogP contribution in [0.15, 0.2) is 152 Å². The van der Waals surface area contributed by atoms with Gasteiger partial charge in [0.2, 0.25) is 0 Å². The van der Waals surface area contributed by atoms with E-state index < -0.39 is 0 Å². The summed E-state index contributed by atoms with van der Waals surface area (Å²) in [4.78, 5) is 14.6. The maximum absolute atomic E-state index is 9.13. The summed E-state index contributed by atoms with van der Waals surface area (Å²) in [5, 5.41) is 18.2. The van der Waals surface area contributed by atoms with E-state index in [1.807, 2.05) is 24.3 Å². The molecule has 2 aromatic heterocycles. The van der Waals surface area contributed by atoms with Crippen LogP contribution in [0, 0.1) is 22.7 Å². The van der Waals surface area contributed by atoms with E-state index in [-0.39, 0.29) is 5.92 Å². The van der Waals surface area contributed by atoms with Crippen molar-refractivity contribution in [3.63, 3.8) is 0 Å². The van der Waals surface area contributed by atoms with Crippen molar-refractivity contribution in [2.24, 2.45) is 0 Å². The molecule has 0 N–H and O–H groups in total. The quantitative estimate of drug-likeness (QED) is 0.125. The van der Waals surface area contributed by atoms with Crippen LogP contribution in [0.1, 0.15) is 69.9 Å². The summed E-state index contributed by atoms with van der Waals surface area (Å²) < 4.78 is 0. The van der Waals surface area contributed by atoms with Gasteiger partial charge in [0.1, 0.15) is 11.6 Å². The van der Waals surface area contributed by atoms with Gasteiger partial charge in [-0.05, 0) is 76.8 Å². The topological polar surface area (TPSA) is 79.8 Å². The Balaban J connectivity index is 0.000000167. The van der Waals surface area contributed by atoms with Crippen LogP contribution in [0.3, 0.4) is 0 Å². The number of allylic oxidation sites excluding steroid dienone is 2. The van der Waals surface area contributed by atoms with Crippen LogP contribution in [0.4, 0.5) is 11.6 Å². The standard InChI is InChI=1S/C24H23N3.C24H21N3/c2*25-16-15-22-12-11-21-13-14-23(26-24(21)22)27(17-19-7-3-1-4-8-19)18-20-9-5-2-6-10-20/h1-10,13-14,22H,11-12,15,17-18H2;1-10,13-15H,11-12,17-18H2. The zero-order chi connectivity index (χ0) is 37.0. The Kier molecular flexibility index (Phi) is 11.8. The first kappa shape index (κ1) is 35.9. The van der Waals surface area contributed by atoms with E-state index in [2.05, 4.69) is 143 Å². The summed E-state index contributed by atoms with van der Waals surface area (Å²) >= 11 is 0. The molecule has 0 aliphatic heterocycles. The summed E-state index contributed by atoms with van der Waals surface area (Å²) in [6.07, 6.45) is 6.13. The molecule has 0 amide bonds. The molecule has 0 saturated heterocycles. The van der Waals surface area contributed by atoms with E-state index in [0.717, 1.165) is 80.5 Å². The number of rotatable bonds is 11. The lowest BCUT2D eigenvalue weighted by Gasteiger charge is -2.25. The highest BCUT2D eigenvalue weighted by atomic mass is 15.2. The van der Waals surface area contributed by atoms with Crippen LogP contribution in [-0.4, -0.2) is 9.97 Å². The van der Waals surface area contributed by atoms with Crippen molar-refractivity contribution in [3.05, 3.63) is 196 Å². The molecule has 2 aliphatic carbocycles. The summed E-state index contributed by atoms with van der Waals surface area (Å²) in [6, 6.07) is 55.1. The van der Waals surface area contributed by atoms with Gasteiger partial charge in [0, 0.05) is 44.6 Å². The van der Waals surface area contributed by atoms with Crippen molar-refractivity contribution in [1.29, 1.82) is 10.5 Å². The Morgan fingerprint density at radius 3 is 1.46 bits per heavy atom. The average Bonchev–Trinajstić information content (AvgIpc) is 3.82. The normalized spacial score (nSPS) is 14.6. The minimum atomic E-state index is 0.278. The van der Waals surface area contributed by atoms with Gasteiger partial charge in [-0.25, -0.2) is 9.97 Å². The third kappa shape index (κ3) is 9.10. The van der Waals surface area contributed by atoms with E-state index >= 15 is 0 Å². The highest BCUT2D eigenvalue weighted by Crippen LogP contribution is 2.36. The number of benzene rings is 4. The Hall–Kier alpha value is -6.50. The van der Waals surface area contributed by atoms with Gasteiger partial charge in [-0.3, -0.25) is 0 Å². The third-order valence-electron chi connectivity index (χ3n) is 10.2. The van der Waals surface area contributed by atoms with Crippen LogP contribution < -0.4 is 9.80 Å². The van der Waals surface area contributed by atoms with Gasteiger partial charge in [0.25, 0.3) is 0 Å². The van der Waals surface area contributed by atoms with Gasteiger partial charge in [0.05, 0.1) is 23.5 Å². The second-order valence-electron chi connectivity index (χ2n) is 13.9. The second-order valence-corrected chi connectivity index (χ2v) is 13.9. The number of pyridine rings is 2. The zero-order valence-electron chi connectivity index (χ0n) is 30.6. The molecule has 0 radical (unpaired) electrons. The Morgan fingerprint density at radius 1 is 0.537 bits per heavy atom. The maximum atomic E-state index is 9.13. The largest absolute Gasteiger partial charge is 0.348 e. The van der Waals surface area contributed by atoms with Gasteiger partial charge in [0.15, 0.2) is 0 Å². The predicted octanol–water partition coefficient (Wildman–Crippen LogP) is 10.4. The van der Waals surface area contributed by atoms with Crippen LogP contribution in [0.25, 0.3) is 5.57 Å². The SMILES string of the molecule is N#CC=C1CCc2ccc(N(Cc3ccccc3)Cc3ccccc3)nc21.N#CCC1CCc2ccc(N(Cc3ccccc3)Cc3ccccc3)nc21. The lowest BCUT2D eigenvalue weighted by Crippen LogP contribution is -2.23. The lowest BCUT2D eigenvalue weighted by molar-refractivity contribution is 0.676. The van der Waals surface area contributed by atoms with Gasteiger partial charge in [-0.2, -0.15) is 10.5 Å². The third-order valence-corrected chi connectivity index (χ3v) is 10.2. The van der Waals surface area contributed by atoms with Gasteiger partial charge < -0.3 is 9.80 Å². The smallest absolute Gasteiger partial charge is 0.129 e.